The molecule has 0 saturated carbocycles. The summed E-state index contributed by atoms with van der Waals surface area (Å²) in [6.07, 6.45) is 3.71. The fraction of sp³-hybridized carbons (Fsp3) is 0.231. The van der Waals surface area contributed by atoms with Crippen molar-refractivity contribution < 1.29 is 25.9 Å². The Morgan fingerprint density at radius 1 is 0.600 bits per heavy atom. The molecule has 0 radical (unpaired) electrons. The minimum absolute atomic E-state index is 0. The van der Waals surface area contributed by atoms with Gasteiger partial charge in [-0.3, -0.25) is 0 Å². The predicted molar refractivity (Wildman–Crippen MR) is 138 cm³/mol. The van der Waals surface area contributed by atoms with Gasteiger partial charge in [0.05, 0.1) is 9.79 Å². The molecule has 0 amide bonds. The first-order valence-corrected chi connectivity index (χ1v) is 13.8. The Morgan fingerprint density at radius 2 is 0.971 bits per heavy atom. The summed E-state index contributed by atoms with van der Waals surface area (Å²) in [5.41, 5.74) is 2.16. The van der Waals surface area contributed by atoms with Gasteiger partial charge in [0.25, 0.3) is 0 Å². The molecule has 4 aromatic rings. The molecule has 4 rings (SSSR count). The Labute approximate surface area is 236 Å². The average molecular weight is 539 g/mol. The molecule has 0 aromatic heterocycles. The SMILES string of the molecule is CCCc1cccc2ccc(S(=O)(=O)[O-])cc12.CCCc1cccc2ccc(S(=O)(=O)[O-])cc12.[Ca+2]. The summed E-state index contributed by atoms with van der Waals surface area (Å²) < 4.78 is 65.9. The molecule has 0 fully saturated rings. The first-order valence-electron chi connectivity index (χ1n) is 11.0. The Balaban J connectivity index is 0.000000240. The number of hydrogen-bond acceptors (Lipinski definition) is 6. The summed E-state index contributed by atoms with van der Waals surface area (Å²) >= 11 is 0. The third-order valence-electron chi connectivity index (χ3n) is 5.50. The number of benzene rings is 4. The van der Waals surface area contributed by atoms with Crippen molar-refractivity contribution in [1.82, 2.24) is 0 Å². The quantitative estimate of drug-likeness (QED) is 0.252. The van der Waals surface area contributed by atoms with Crippen LogP contribution in [-0.2, 0) is 33.1 Å². The van der Waals surface area contributed by atoms with Crippen LogP contribution in [0.15, 0.2) is 82.6 Å². The first-order chi connectivity index (χ1) is 16.0. The van der Waals surface area contributed by atoms with Crippen molar-refractivity contribution >= 4 is 79.5 Å². The number of fused-ring (bicyclic) bond motifs is 2. The minimum atomic E-state index is -4.38. The van der Waals surface area contributed by atoms with Gasteiger partial charge in [0.1, 0.15) is 20.2 Å². The van der Waals surface area contributed by atoms with E-state index < -0.39 is 20.2 Å². The standard InChI is InChI=1S/2C13H14O3S.Ca/c2*1-2-4-10-5-3-6-11-7-8-12(9-13(10)11)17(14,15)16;/h2*3,5-9H,2,4H2,1H3,(H,14,15,16);/q;;+2/p-2. The molecule has 0 spiro atoms. The number of hydrogen-bond donors (Lipinski definition) is 0. The van der Waals surface area contributed by atoms with E-state index in [1.165, 1.54) is 24.3 Å². The summed E-state index contributed by atoms with van der Waals surface area (Å²) in [6, 6.07) is 20.7. The van der Waals surface area contributed by atoms with Gasteiger partial charge in [-0.2, -0.15) is 0 Å². The Kier molecular flexibility index (Phi) is 10.7. The van der Waals surface area contributed by atoms with E-state index in [0.29, 0.717) is 0 Å². The largest absolute Gasteiger partial charge is 2.00 e. The van der Waals surface area contributed by atoms with E-state index in [0.717, 1.165) is 58.4 Å². The molecule has 0 unspecified atom stereocenters. The van der Waals surface area contributed by atoms with Crippen LogP contribution in [0.5, 0.6) is 0 Å². The van der Waals surface area contributed by atoms with Crippen LogP contribution in [0.25, 0.3) is 21.5 Å². The molecule has 0 heterocycles. The average Bonchev–Trinajstić information content (AvgIpc) is 2.78. The molecular weight excluding hydrogens is 512 g/mol. The van der Waals surface area contributed by atoms with Gasteiger partial charge in [0, 0.05) is 0 Å². The maximum atomic E-state index is 11.0. The van der Waals surface area contributed by atoms with Gasteiger partial charge in [0.15, 0.2) is 0 Å². The summed E-state index contributed by atoms with van der Waals surface area (Å²) in [5.74, 6) is 0. The molecule has 6 nitrogen and oxygen atoms in total. The molecule has 0 aliphatic heterocycles. The molecule has 180 valence electrons. The van der Waals surface area contributed by atoms with E-state index in [1.54, 1.807) is 12.1 Å². The van der Waals surface area contributed by atoms with Gasteiger partial charge < -0.3 is 9.11 Å². The van der Waals surface area contributed by atoms with Gasteiger partial charge >= 0.3 is 37.7 Å². The van der Waals surface area contributed by atoms with Crippen molar-refractivity contribution in [2.24, 2.45) is 0 Å². The zero-order chi connectivity index (χ0) is 24.9. The smallest absolute Gasteiger partial charge is 0.744 e. The third kappa shape index (κ3) is 7.73. The monoisotopic (exact) mass is 538 g/mol. The fourth-order valence-electron chi connectivity index (χ4n) is 3.92. The molecular formula is C26H26CaO6S2. The van der Waals surface area contributed by atoms with Gasteiger partial charge in [-0.15, -0.1) is 0 Å². The molecule has 4 aromatic carbocycles. The van der Waals surface area contributed by atoms with Crippen LogP contribution in [-0.4, -0.2) is 63.7 Å². The fourth-order valence-corrected chi connectivity index (χ4v) is 4.91. The molecule has 0 N–H and O–H groups in total. The van der Waals surface area contributed by atoms with Crippen LogP contribution in [0.2, 0.25) is 0 Å². The molecule has 0 aliphatic rings. The van der Waals surface area contributed by atoms with Crippen LogP contribution in [0.3, 0.4) is 0 Å². The normalized spacial score (nSPS) is 11.5. The van der Waals surface area contributed by atoms with Gasteiger partial charge in [-0.1, -0.05) is 75.2 Å². The van der Waals surface area contributed by atoms with Crippen molar-refractivity contribution in [3.8, 4) is 0 Å². The summed E-state index contributed by atoms with van der Waals surface area (Å²) in [6.45, 7) is 4.13. The van der Waals surface area contributed by atoms with Crippen molar-refractivity contribution in [2.45, 2.75) is 49.3 Å². The van der Waals surface area contributed by atoms with Gasteiger partial charge in [-0.05, 0) is 69.8 Å². The van der Waals surface area contributed by atoms with E-state index in [-0.39, 0.29) is 47.5 Å². The number of rotatable bonds is 6. The van der Waals surface area contributed by atoms with Crippen molar-refractivity contribution in [2.75, 3.05) is 0 Å². The topological polar surface area (TPSA) is 114 Å². The second kappa shape index (κ2) is 12.6. The van der Waals surface area contributed by atoms with Crippen LogP contribution in [0, 0.1) is 0 Å². The summed E-state index contributed by atoms with van der Waals surface area (Å²) in [5, 5.41) is 3.63. The second-order valence-corrected chi connectivity index (χ2v) is 10.8. The zero-order valence-corrected chi connectivity index (χ0v) is 23.6. The number of aryl methyl sites for hydroxylation is 2. The molecule has 0 bridgehead atoms. The molecule has 9 heteroatoms. The molecule has 0 saturated heterocycles. The van der Waals surface area contributed by atoms with E-state index in [4.69, 9.17) is 0 Å². The van der Waals surface area contributed by atoms with Crippen molar-refractivity contribution in [3.63, 3.8) is 0 Å². The maximum absolute atomic E-state index is 11.0. The van der Waals surface area contributed by atoms with Crippen LogP contribution < -0.4 is 0 Å². The van der Waals surface area contributed by atoms with Gasteiger partial charge in [0.2, 0.25) is 0 Å². The van der Waals surface area contributed by atoms with E-state index in [1.807, 2.05) is 36.4 Å². The predicted octanol–water partition coefficient (Wildman–Crippen LogP) is 5.01. The van der Waals surface area contributed by atoms with E-state index >= 15 is 0 Å². The van der Waals surface area contributed by atoms with Gasteiger partial charge in [-0.25, -0.2) is 16.8 Å². The summed E-state index contributed by atoms with van der Waals surface area (Å²) in [7, 11) is -8.75. The first kappa shape index (κ1) is 29.7. The summed E-state index contributed by atoms with van der Waals surface area (Å²) in [4.78, 5) is -0.317. The van der Waals surface area contributed by atoms with Crippen molar-refractivity contribution in [1.29, 1.82) is 0 Å². The minimum Gasteiger partial charge on any atom is -0.744 e. The van der Waals surface area contributed by atoms with Crippen LogP contribution in [0.4, 0.5) is 0 Å². The Hall–Kier alpha value is -1.52. The third-order valence-corrected chi connectivity index (χ3v) is 7.17. The van der Waals surface area contributed by atoms with Crippen LogP contribution in [0.1, 0.15) is 37.8 Å². The van der Waals surface area contributed by atoms with E-state index in [9.17, 15) is 25.9 Å². The van der Waals surface area contributed by atoms with E-state index in [2.05, 4.69) is 13.8 Å². The Bertz CT molecular complexity index is 1410. The maximum Gasteiger partial charge on any atom is 2.00 e. The van der Waals surface area contributed by atoms with Crippen LogP contribution >= 0.6 is 0 Å². The van der Waals surface area contributed by atoms with Crippen molar-refractivity contribution in [3.05, 3.63) is 83.9 Å². The molecule has 0 atom stereocenters. The Morgan fingerprint density at radius 3 is 1.29 bits per heavy atom. The molecule has 0 aliphatic carbocycles. The zero-order valence-electron chi connectivity index (χ0n) is 19.7. The second-order valence-electron chi connectivity index (χ2n) is 8.01. The molecule has 35 heavy (non-hydrogen) atoms.